The summed E-state index contributed by atoms with van der Waals surface area (Å²) < 4.78 is 0. The van der Waals surface area contributed by atoms with E-state index in [0.717, 1.165) is 0 Å². The second kappa shape index (κ2) is 7.65. The lowest BCUT2D eigenvalue weighted by Crippen LogP contribution is -2.15. The van der Waals surface area contributed by atoms with Crippen LogP contribution in [0.25, 0.3) is 11.3 Å². The number of phenols is 2. The quantitative estimate of drug-likeness (QED) is 0.197. The molecule has 7 nitrogen and oxygen atoms in total. The minimum absolute atomic E-state index is 0.257. The Morgan fingerprint density at radius 2 is 1.96 bits per heavy atom. The summed E-state index contributed by atoms with van der Waals surface area (Å²) in [4.78, 5) is 0. The van der Waals surface area contributed by atoms with Gasteiger partial charge in [0.25, 0.3) is 0 Å². The van der Waals surface area contributed by atoms with Gasteiger partial charge in [0.2, 0.25) is 0 Å². The summed E-state index contributed by atoms with van der Waals surface area (Å²) in [6, 6.07) is 11.1. The monoisotopic (exact) mass is 392 g/mol. The van der Waals surface area contributed by atoms with Crippen molar-refractivity contribution in [3.8, 4) is 22.8 Å². The van der Waals surface area contributed by atoms with Crippen molar-refractivity contribution >= 4 is 29.4 Å². The van der Waals surface area contributed by atoms with Crippen LogP contribution in [0.4, 0.5) is 0 Å². The van der Waals surface area contributed by atoms with Crippen LogP contribution in [0.15, 0.2) is 47.6 Å². The molecule has 5 N–H and O–H groups in total. The molecule has 0 bridgehead atoms. The number of aromatic hydroxyl groups is 2. The molecular weight excluding hydrogens is 379 g/mol. The van der Waals surface area contributed by atoms with Gasteiger partial charge in [-0.2, -0.15) is 10.2 Å². The Morgan fingerprint density at radius 3 is 2.73 bits per heavy atom. The zero-order chi connectivity index (χ0) is 18.7. The maximum absolute atomic E-state index is 10.1. The molecule has 134 valence electrons. The van der Waals surface area contributed by atoms with E-state index in [1.54, 1.807) is 36.4 Å². The summed E-state index contributed by atoms with van der Waals surface area (Å²) in [7, 11) is 0. The summed E-state index contributed by atoms with van der Waals surface area (Å²) in [6.45, 7) is 0. The zero-order valence-electron chi connectivity index (χ0n) is 13.2. The van der Waals surface area contributed by atoms with Gasteiger partial charge in [0.1, 0.15) is 0 Å². The van der Waals surface area contributed by atoms with Gasteiger partial charge in [-0.3, -0.25) is 10.5 Å². The summed E-state index contributed by atoms with van der Waals surface area (Å²) >= 11 is 12.0. The molecule has 2 aromatic carbocycles. The molecule has 0 aliphatic carbocycles. The highest BCUT2D eigenvalue weighted by Gasteiger charge is 2.13. The lowest BCUT2D eigenvalue weighted by atomic mass is 10.1. The Morgan fingerprint density at radius 1 is 1.15 bits per heavy atom. The molecule has 0 spiro atoms. The van der Waals surface area contributed by atoms with Gasteiger partial charge in [-0.25, -0.2) is 0 Å². The molecule has 0 saturated heterocycles. The van der Waals surface area contributed by atoms with Gasteiger partial charge < -0.3 is 15.3 Å². The van der Waals surface area contributed by atoms with E-state index >= 15 is 0 Å². The molecule has 1 atom stereocenters. The molecule has 3 aromatic rings. The summed E-state index contributed by atoms with van der Waals surface area (Å²) in [6.07, 6.45) is 0.101. The van der Waals surface area contributed by atoms with Crippen molar-refractivity contribution in [3.05, 3.63) is 63.8 Å². The number of hydrazone groups is 1. The number of aromatic nitrogens is 2. The van der Waals surface area contributed by atoms with Crippen molar-refractivity contribution in [1.82, 2.24) is 15.6 Å². The molecule has 0 radical (unpaired) electrons. The number of hydrogen-bond donors (Lipinski definition) is 5. The van der Waals surface area contributed by atoms with Crippen molar-refractivity contribution < 1.29 is 15.3 Å². The number of halogens is 2. The van der Waals surface area contributed by atoms with Crippen molar-refractivity contribution in [2.75, 3.05) is 0 Å². The molecule has 26 heavy (non-hydrogen) atoms. The van der Waals surface area contributed by atoms with E-state index in [1.807, 2.05) is 0 Å². The predicted molar refractivity (Wildman–Crippen MR) is 99.5 cm³/mol. The van der Waals surface area contributed by atoms with Gasteiger partial charge in [-0.1, -0.05) is 29.3 Å². The topological polar surface area (TPSA) is 114 Å². The van der Waals surface area contributed by atoms with Crippen molar-refractivity contribution in [2.24, 2.45) is 5.10 Å². The second-order valence-electron chi connectivity index (χ2n) is 5.34. The number of H-pyrrole nitrogens is 1. The Labute approximate surface area is 158 Å². The van der Waals surface area contributed by atoms with E-state index in [-0.39, 0.29) is 11.5 Å². The lowest BCUT2D eigenvalue weighted by molar-refractivity contribution is 0.136. The number of nitrogens with zero attached hydrogens (tertiary/aromatic N) is 2. The maximum atomic E-state index is 10.1. The molecule has 1 heterocycles. The molecule has 1 unspecified atom stereocenters. The number of hydrogen-bond acceptors (Lipinski definition) is 6. The van der Waals surface area contributed by atoms with E-state index in [0.29, 0.717) is 32.6 Å². The first-order valence-corrected chi connectivity index (χ1v) is 8.19. The number of aliphatic hydroxyl groups is 1. The number of rotatable bonds is 5. The zero-order valence-corrected chi connectivity index (χ0v) is 14.7. The van der Waals surface area contributed by atoms with Crippen molar-refractivity contribution in [2.45, 2.75) is 6.23 Å². The minimum Gasteiger partial charge on any atom is -0.504 e. The van der Waals surface area contributed by atoms with Crippen molar-refractivity contribution in [3.63, 3.8) is 0 Å². The smallest absolute Gasteiger partial charge is 0.182 e. The fraction of sp³-hybridized carbons (Fsp3) is 0.0588. The standard InChI is InChI=1S/C17H14Cl2N4O3/c18-10-4-5-11(12(19)6-10)13-7-14(22-21-13)17(26)23-20-8-9-2-1-3-15(24)16(9)25/h1-8,17,23-26H,(H,21,22)/b20-8+. The highest BCUT2D eigenvalue weighted by Crippen LogP contribution is 2.30. The van der Waals surface area contributed by atoms with Crippen LogP contribution in [-0.2, 0) is 0 Å². The number of nitrogens with one attached hydrogen (secondary N) is 2. The number of aromatic amines is 1. The largest absolute Gasteiger partial charge is 0.504 e. The second-order valence-corrected chi connectivity index (χ2v) is 6.18. The first kappa shape index (κ1) is 18.1. The van der Waals surface area contributed by atoms with Gasteiger partial charge in [-0.05, 0) is 36.4 Å². The number of aliphatic hydroxyl groups excluding tert-OH is 1. The van der Waals surface area contributed by atoms with Crippen LogP contribution in [0, 0.1) is 0 Å². The Balaban J connectivity index is 1.71. The highest BCUT2D eigenvalue weighted by atomic mass is 35.5. The first-order valence-electron chi connectivity index (χ1n) is 7.44. The Kier molecular flexibility index (Phi) is 5.32. The average molecular weight is 393 g/mol. The van der Waals surface area contributed by atoms with Crippen LogP contribution in [0.1, 0.15) is 17.5 Å². The Hall–Kier alpha value is -2.74. The molecule has 0 aliphatic heterocycles. The summed E-state index contributed by atoms with van der Waals surface area (Å²) in [5.74, 6) is -0.554. The van der Waals surface area contributed by atoms with E-state index in [9.17, 15) is 15.3 Å². The summed E-state index contributed by atoms with van der Waals surface area (Å²) in [5, 5.41) is 40.9. The van der Waals surface area contributed by atoms with Crippen LogP contribution in [-0.4, -0.2) is 31.7 Å². The Bertz CT molecular complexity index is 959. The van der Waals surface area contributed by atoms with E-state index in [2.05, 4.69) is 20.7 Å². The molecule has 3 rings (SSSR count). The third-order valence-electron chi connectivity index (χ3n) is 3.55. The molecule has 0 fully saturated rings. The van der Waals surface area contributed by atoms with Gasteiger partial charge in [-0.15, -0.1) is 0 Å². The van der Waals surface area contributed by atoms with Gasteiger partial charge in [0, 0.05) is 16.1 Å². The highest BCUT2D eigenvalue weighted by molar-refractivity contribution is 6.36. The normalized spacial score (nSPS) is 12.4. The number of phenolic OH excluding ortho intramolecular Hbond substituents is 2. The predicted octanol–water partition coefficient (Wildman–Crippen LogP) is 3.41. The van der Waals surface area contributed by atoms with E-state index in [4.69, 9.17) is 23.2 Å². The van der Waals surface area contributed by atoms with Crippen LogP contribution in [0.3, 0.4) is 0 Å². The first-order chi connectivity index (χ1) is 12.5. The molecule has 0 amide bonds. The minimum atomic E-state index is -1.17. The number of benzene rings is 2. The maximum Gasteiger partial charge on any atom is 0.182 e. The SMILES string of the molecule is Oc1cccc(/C=N/NC(O)c2cc(-c3ccc(Cl)cc3Cl)n[nH]2)c1O. The van der Waals surface area contributed by atoms with Gasteiger partial charge in [0.05, 0.1) is 22.6 Å². The van der Waals surface area contributed by atoms with Crippen LogP contribution < -0.4 is 5.43 Å². The van der Waals surface area contributed by atoms with Gasteiger partial charge in [0.15, 0.2) is 17.7 Å². The van der Waals surface area contributed by atoms with E-state index in [1.165, 1.54) is 12.3 Å². The van der Waals surface area contributed by atoms with Crippen molar-refractivity contribution in [1.29, 1.82) is 0 Å². The molecule has 1 aromatic heterocycles. The lowest BCUT2D eigenvalue weighted by Gasteiger charge is -2.07. The third-order valence-corrected chi connectivity index (χ3v) is 4.09. The van der Waals surface area contributed by atoms with Gasteiger partial charge >= 0.3 is 0 Å². The van der Waals surface area contributed by atoms with Crippen LogP contribution in [0.2, 0.25) is 10.0 Å². The van der Waals surface area contributed by atoms with E-state index < -0.39 is 6.23 Å². The third kappa shape index (κ3) is 3.91. The fourth-order valence-corrected chi connectivity index (χ4v) is 2.72. The number of para-hydroxylation sites is 1. The average Bonchev–Trinajstić information content (AvgIpc) is 3.08. The molecular formula is C17H14Cl2N4O3. The summed E-state index contributed by atoms with van der Waals surface area (Å²) in [5.41, 5.74) is 4.35. The molecule has 9 heteroatoms. The fourth-order valence-electron chi connectivity index (χ4n) is 2.21. The molecule has 0 aliphatic rings. The van der Waals surface area contributed by atoms with Crippen LogP contribution >= 0.6 is 23.2 Å². The van der Waals surface area contributed by atoms with Crippen LogP contribution in [0.5, 0.6) is 11.5 Å². The molecule has 0 saturated carbocycles.